The van der Waals surface area contributed by atoms with Crippen molar-refractivity contribution in [3.63, 3.8) is 0 Å². The van der Waals surface area contributed by atoms with E-state index in [4.69, 9.17) is 9.72 Å². The Morgan fingerprint density at radius 3 is 2.41 bits per heavy atom. The summed E-state index contributed by atoms with van der Waals surface area (Å²) in [5.41, 5.74) is 4.48. The van der Waals surface area contributed by atoms with Gasteiger partial charge in [-0.3, -0.25) is 14.5 Å². The number of imide groups is 1. The largest absolute Gasteiger partial charge is 0.362 e. The van der Waals surface area contributed by atoms with Crippen LogP contribution in [0.5, 0.6) is 0 Å². The highest BCUT2D eigenvalue weighted by molar-refractivity contribution is 6.21. The SMILES string of the molecule is COC1NC=Cc2cc(CCN3C(=O)c4ccccc4C3=O)nc(Nc3ccccc3)c21. The van der Waals surface area contributed by atoms with Gasteiger partial charge in [-0.05, 0) is 48.2 Å². The molecule has 1 atom stereocenters. The van der Waals surface area contributed by atoms with Crippen molar-refractivity contribution in [3.8, 4) is 0 Å². The molecule has 2 aliphatic heterocycles. The minimum atomic E-state index is -0.334. The van der Waals surface area contributed by atoms with Crippen LogP contribution < -0.4 is 10.6 Å². The first-order valence-corrected chi connectivity index (χ1v) is 10.4. The minimum Gasteiger partial charge on any atom is -0.362 e. The van der Waals surface area contributed by atoms with Gasteiger partial charge < -0.3 is 15.4 Å². The summed E-state index contributed by atoms with van der Waals surface area (Å²) in [5, 5.41) is 6.57. The van der Waals surface area contributed by atoms with E-state index in [1.165, 1.54) is 4.90 Å². The lowest BCUT2D eigenvalue weighted by atomic mass is 10.0. The number of hydrogen-bond donors (Lipinski definition) is 2. The van der Waals surface area contributed by atoms with Crippen molar-refractivity contribution in [3.05, 3.63) is 94.8 Å². The van der Waals surface area contributed by atoms with E-state index < -0.39 is 0 Å². The highest BCUT2D eigenvalue weighted by atomic mass is 16.5. The third-order valence-corrected chi connectivity index (χ3v) is 5.66. The molecule has 2 aromatic carbocycles. The summed E-state index contributed by atoms with van der Waals surface area (Å²) < 4.78 is 5.60. The first kappa shape index (κ1) is 20.0. The second-order valence-corrected chi connectivity index (χ2v) is 7.63. The molecule has 160 valence electrons. The van der Waals surface area contributed by atoms with Crippen LogP contribution in [0.3, 0.4) is 0 Å². The maximum Gasteiger partial charge on any atom is 0.261 e. The van der Waals surface area contributed by atoms with Crippen LogP contribution in [0.1, 0.15) is 43.8 Å². The number of methoxy groups -OCH3 is 1. The lowest BCUT2D eigenvalue weighted by molar-refractivity contribution is 0.0656. The van der Waals surface area contributed by atoms with Crippen molar-refractivity contribution >= 4 is 29.4 Å². The molecule has 0 bridgehead atoms. The number of rotatable bonds is 6. The Labute approximate surface area is 185 Å². The number of hydrogen-bond acceptors (Lipinski definition) is 6. The molecule has 5 rings (SSSR count). The second kappa shape index (κ2) is 8.28. The number of carbonyl (C=O) groups excluding carboxylic acids is 2. The zero-order valence-corrected chi connectivity index (χ0v) is 17.5. The Kier molecular flexibility index (Phi) is 5.17. The quantitative estimate of drug-likeness (QED) is 0.582. The van der Waals surface area contributed by atoms with Gasteiger partial charge in [0, 0.05) is 31.5 Å². The molecule has 2 N–H and O–H groups in total. The lowest BCUT2D eigenvalue weighted by Crippen LogP contribution is -2.32. The zero-order valence-electron chi connectivity index (χ0n) is 17.5. The number of para-hydroxylation sites is 1. The fourth-order valence-electron chi connectivity index (χ4n) is 4.09. The van der Waals surface area contributed by atoms with Gasteiger partial charge in [0.25, 0.3) is 11.8 Å². The van der Waals surface area contributed by atoms with Crippen molar-refractivity contribution in [2.75, 3.05) is 19.0 Å². The molecule has 7 heteroatoms. The molecule has 1 aromatic heterocycles. The van der Waals surface area contributed by atoms with Gasteiger partial charge in [0.15, 0.2) is 6.23 Å². The normalized spacial score (nSPS) is 16.5. The van der Waals surface area contributed by atoms with E-state index in [2.05, 4.69) is 10.6 Å². The Hall–Kier alpha value is -3.97. The first-order valence-electron chi connectivity index (χ1n) is 10.4. The van der Waals surface area contributed by atoms with Gasteiger partial charge in [0.1, 0.15) is 5.82 Å². The van der Waals surface area contributed by atoms with Gasteiger partial charge in [0.2, 0.25) is 0 Å². The molecule has 0 saturated heterocycles. The number of benzene rings is 2. The number of carbonyl (C=O) groups is 2. The average molecular weight is 426 g/mol. The van der Waals surface area contributed by atoms with Crippen molar-refractivity contribution in [1.82, 2.24) is 15.2 Å². The number of aromatic nitrogens is 1. The molecule has 0 aliphatic carbocycles. The molecule has 32 heavy (non-hydrogen) atoms. The zero-order chi connectivity index (χ0) is 22.1. The van der Waals surface area contributed by atoms with Gasteiger partial charge in [0.05, 0.1) is 16.7 Å². The number of fused-ring (bicyclic) bond motifs is 2. The second-order valence-electron chi connectivity index (χ2n) is 7.63. The number of anilines is 2. The van der Waals surface area contributed by atoms with Crippen LogP contribution in [0.25, 0.3) is 6.08 Å². The van der Waals surface area contributed by atoms with Crippen LogP contribution in [0, 0.1) is 0 Å². The molecule has 7 nitrogen and oxygen atoms in total. The highest BCUT2D eigenvalue weighted by Gasteiger charge is 2.34. The van der Waals surface area contributed by atoms with Crippen LogP contribution in [0.2, 0.25) is 0 Å². The summed E-state index contributed by atoms with van der Waals surface area (Å²) in [6.07, 6.45) is 3.92. The Morgan fingerprint density at radius 1 is 1.03 bits per heavy atom. The molecule has 1 unspecified atom stereocenters. The van der Waals surface area contributed by atoms with Crippen LogP contribution in [-0.4, -0.2) is 35.4 Å². The van der Waals surface area contributed by atoms with Crippen LogP contribution in [-0.2, 0) is 11.2 Å². The molecule has 0 saturated carbocycles. The van der Waals surface area contributed by atoms with Gasteiger partial charge in [-0.1, -0.05) is 30.3 Å². The Bertz CT molecular complexity index is 1190. The van der Waals surface area contributed by atoms with Crippen molar-refractivity contribution in [1.29, 1.82) is 0 Å². The van der Waals surface area contributed by atoms with E-state index in [1.54, 1.807) is 31.4 Å². The fourth-order valence-corrected chi connectivity index (χ4v) is 4.09. The number of amides is 2. The summed E-state index contributed by atoms with van der Waals surface area (Å²) in [5.74, 6) is 0.166. The number of ether oxygens (including phenoxy) is 1. The van der Waals surface area contributed by atoms with E-state index in [9.17, 15) is 9.59 Å². The van der Waals surface area contributed by atoms with Gasteiger partial charge in [-0.15, -0.1) is 0 Å². The topological polar surface area (TPSA) is 83.6 Å². The molecule has 0 spiro atoms. The maximum absolute atomic E-state index is 12.7. The summed E-state index contributed by atoms with van der Waals surface area (Å²) in [4.78, 5) is 31.5. The van der Waals surface area contributed by atoms with Gasteiger partial charge >= 0.3 is 0 Å². The summed E-state index contributed by atoms with van der Waals surface area (Å²) >= 11 is 0. The molecular weight excluding hydrogens is 404 g/mol. The third-order valence-electron chi connectivity index (χ3n) is 5.66. The standard InChI is InChI=1S/C25H22N4O3/c1-32-23-21-16(11-13-26-23)15-18(28-22(21)27-17-7-3-2-4-8-17)12-14-29-24(30)19-9-5-6-10-20(19)25(29)31/h2-11,13,15,23,26H,12,14H2,1H3,(H,27,28). The number of nitrogens with zero attached hydrogens (tertiary/aromatic N) is 2. The molecule has 2 amide bonds. The van der Waals surface area contributed by atoms with E-state index in [1.807, 2.05) is 48.7 Å². The summed E-state index contributed by atoms with van der Waals surface area (Å²) in [6.45, 7) is 0.262. The van der Waals surface area contributed by atoms with Crippen molar-refractivity contribution in [2.45, 2.75) is 12.6 Å². The predicted molar refractivity (Wildman–Crippen MR) is 121 cm³/mol. The van der Waals surface area contributed by atoms with Crippen molar-refractivity contribution in [2.24, 2.45) is 0 Å². The summed E-state index contributed by atoms with van der Waals surface area (Å²) in [7, 11) is 1.64. The molecular formula is C25H22N4O3. The molecule has 2 aliphatic rings. The minimum absolute atomic E-state index is 0.255. The maximum atomic E-state index is 12.7. The predicted octanol–water partition coefficient (Wildman–Crippen LogP) is 3.88. The number of pyridine rings is 1. The number of nitrogens with one attached hydrogen (secondary N) is 2. The summed E-state index contributed by atoms with van der Waals surface area (Å²) in [6, 6.07) is 18.7. The molecule has 0 fully saturated rings. The van der Waals surface area contributed by atoms with E-state index in [0.29, 0.717) is 23.4 Å². The van der Waals surface area contributed by atoms with Crippen LogP contribution in [0.15, 0.2) is 66.9 Å². The van der Waals surface area contributed by atoms with E-state index in [0.717, 1.165) is 22.5 Å². The first-order chi connectivity index (χ1) is 15.7. The molecule has 3 heterocycles. The molecule has 0 radical (unpaired) electrons. The van der Waals surface area contributed by atoms with Gasteiger partial charge in [-0.2, -0.15) is 0 Å². The Balaban J connectivity index is 1.44. The van der Waals surface area contributed by atoms with Crippen LogP contribution in [0.4, 0.5) is 11.5 Å². The van der Waals surface area contributed by atoms with Crippen molar-refractivity contribution < 1.29 is 14.3 Å². The van der Waals surface area contributed by atoms with E-state index >= 15 is 0 Å². The monoisotopic (exact) mass is 426 g/mol. The van der Waals surface area contributed by atoms with Gasteiger partial charge in [-0.25, -0.2) is 4.98 Å². The van der Waals surface area contributed by atoms with Crippen LogP contribution >= 0.6 is 0 Å². The smallest absolute Gasteiger partial charge is 0.261 e. The third kappa shape index (κ3) is 3.52. The highest BCUT2D eigenvalue weighted by Crippen LogP contribution is 2.32. The molecule has 3 aromatic rings. The lowest BCUT2D eigenvalue weighted by Gasteiger charge is -2.26. The fraction of sp³-hybridized carbons (Fsp3) is 0.160. The Morgan fingerprint density at radius 2 is 1.72 bits per heavy atom. The van der Waals surface area contributed by atoms with E-state index in [-0.39, 0.29) is 24.6 Å². The average Bonchev–Trinajstić information content (AvgIpc) is 3.07.